The number of hydrogen-bond donors (Lipinski definition) is 1. The number of aryl methyl sites for hydroxylation is 1. The predicted molar refractivity (Wildman–Crippen MR) is 121 cm³/mol. The minimum absolute atomic E-state index is 0.110. The molecule has 0 amide bonds. The van der Waals surface area contributed by atoms with Gasteiger partial charge in [0.2, 0.25) is 5.88 Å². The molecule has 1 N–H and O–H groups in total. The Morgan fingerprint density at radius 3 is 2.44 bits per heavy atom. The number of benzene rings is 2. The number of methoxy groups -OCH3 is 1. The van der Waals surface area contributed by atoms with E-state index >= 15 is 0 Å². The monoisotopic (exact) mass is 431 g/mol. The van der Waals surface area contributed by atoms with E-state index in [0.29, 0.717) is 28.6 Å². The van der Waals surface area contributed by atoms with Crippen molar-refractivity contribution in [3.8, 4) is 11.6 Å². The molecule has 0 aliphatic carbocycles. The number of hydrogen-bond acceptors (Lipinski definition) is 6. The number of esters is 1. The fraction of sp³-hybridized carbons (Fsp3) is 0.160. The summed E-state index contributed by atoms with van der Waals surface area (Å²) in [6.07, 6.45) is 3.37. The van der Waals surface area contributed by atoms with Crippen LogP contribution >= 0.6 is 0 Å². The number of ether oxygens (including phenoxy) is 2. The van der Waals surface area contributed by atoms with Gasteiger partial charge < -0.3 is 14.8 Å². The van der Waals surface area contributed by atoms with Crippen LogP contribution in [0.2, 0.25) is 0 Å². The van der Waals surface area contributed by atoms with Crippen molar-refractivity contribution < 1.29 is 18.7 Å². The molecule has 0 bridgehead atoms. The maximum Gasteiger partial charge on any atom is 0.337 e. The molecule has 4 rings (SSSR count). The standard InChI is InChI=1S/C25H22FN3O3/c1-15-14-20(8-9-21(15)26)32-24-22-18(11-13-28-24)10-12-27-23(22)29-16(2)17-4-6-19(7-5-17)25(30)31-3/h4-14,16H,1-3H3,(H,27,29)/t16-/m0/s1. The number of pyridine rings is 2. The summed E-state index contributed by atoms with van der Waals surface area (Å²) < 4.78 is 24.4. The van der Waals surface area contributed by atoms with Gasteiger partial charge in [0.25, 0.3) is 0 Å². The van der Waals surface area contributed by atoms with E-state index in [1.54, 1.807) is 43.6 Å². The molecule has 0 saturated heterocycles. The number of anilines is 1. The van der Waals surface area contributed by atoms with Gasteiger partial charge in [0.15, 0.2) is 0 Å². The fourth-order valence-corrected chi connectivity index (χ4v) is 3.38. The summed E-state index contributed by atoms with van der Waals surface area (Å²) in [5, 5.41) is 5.02. The van der Waals surface area contributed by atoms with Gasteiger partial charge >= 0.3 is 5.97 Å². The molecular weight excluding hydrogens is 409 g/mol. The topological polar surface area (TPSA) is 73.3 Å². The second-order valence-corrected chi connectivity index (χ2v) is 7.37. The average molecular weight is 431 g/mol. The first-order chi connectivity index (χ1) is 15.5. The van der Waals surface area contributed by atoms with Crippen LogP contribution in [-0.2, 0) is 4.74 Å². The molecule has 0 radical (unpaired) electrons. The van der Waals surface area contributed by atoms with Crippen LogP contribution in [0.3, 0.4) is 0 Å². The lowest BCUT2D eigenvalue weighted by atomic mass is 10.1. The molecule has 4 aromatic rings. The molecule has 1 atom stereocenters. The zero-order valence-corrected chi connectivity index (χ0v) is 17.9. The third-order valence-electron chi connectivity index (χ3n) is 5.17. The van der Waals surface area contributed by atoms with Gasteiger partial charge in [-0.2, -0.15) is 0 Å². The zero-order chi connectivity index (χ0) is 22.7. The quantitative estimate of drug-likeness (QED) is 0.387. The van der Waals surface area contributed by atoms with E-state index in [-0.39, 0.29) is 17.8 Å². The summed E-state index contributed by atoms with van der Waals surface area (Å²) >= 11 is 0. The van der Waals surface area contributed by atoms with Crippen molar-refractivity contribution >= 4 is 22.6 Å². The van der Waals surface area contributed by atoms with Crippen LogP contribution in [0.25, 0.3) is 10.8 Å². The van der Waals surface area contributed by atoms with Crippen molar-refractivity contribution in [2.75, 3.05) is 12.4 Å². The minimum Gasteiger partial charge on any atom is -0.465 e. The highest BCUT2D eigenvalue weighted by molar-refractivity contribution is 5.96. The average Bonchev–Trinajstić information content (AvgIpc) is 2.81. The summed E-state index contributed by atoms with van der Waals surface area (Å²) in [6, 6.07) is 15.4. The summed E-state index contributed by atoms with van der Waals surface area (Å²) in [7, 11) is 1.35. The van der Waals surface area contributed by atoms with E-state index in [4.69, 9.17) is 9.47 Å². The molecule has 6 nitrogen and oxygen atoms in total. The lowest BCUT2D eigenvalue weighted by Gasteiger charge is -2.18. The van der Waals surface area contributed by atoms with E-state index in [9.17, 15) is 9.18 Å². The van der Waals surface area contributed by atoms with Gasteiger partial charge in [0, 0.05) is 18.4 Å². The van der Waals surface area contributed by atoms with Gasteiger partial charge in [-0.3, -0.25) is 0 Å². The number of fused-ring (bicyclic) bond motifs is 1. The summed E-state index contributed by atoms with van der Waals surface area (Å²) in [5.41, 5.74) is 1.95. The van der Waals surface area contributed by atoms with Gasteiger partial charge in [-0.05, 0) is 72.8 Å². The molecule has 0 aliphatic heterocycles. The normalized spacial score (nSPS) is 11.8. The van der Waals surface area contributed by atoms with Crippen LogP contribution in [-0.4, -0.2) is 23.0 Å². The number of nitrogens with zero attached hydrogens (tertiary/aromatic N) is 2. The molecule has 7 heteroatoms. The van der Waals surface area contributed by atoms with Crippen molar-refractivity contribution in [3.63, 3.8) is 0 Å². The first kappa shape index (κ1) is 21.2. The van der Waals surface area contributed by atoms with Crippen LogP contribution in [0.4, 0.5) is 10.2 Å². The van der Waals surface area contributed by atoms with Crippen molar-refractivity contribution in [2.45, 2.75) is 19.9 Å². The second-order valence-electron chi connectivity index (χ2n) is 7.37. The molecule has 162 valence electrons. The molecule has 0 aliphatic rings. The number of carbonyl (C=O) groups is 1. The SMILES string of the molecule is COC(=O)c1ccc([C@H](C)Nc2nccc3ccnc(Oc4ccc(F)c(C)c4)c23)cc1. The highest BCUT2D eigenvalue weighted by Gasteiger charge is 2.15. The number of nitrogens with one attached hydrogen (secondary N) is 1. The summed E-state index contributed by atoms with van der Waals surface area (Å²) in [4.78, 5) is 20.6. The van der Waals surface area contributed by atoms with E-state index < -0.39 is 0 Å². The Bertz CT molecular complexity index is 1270. The highest BCUT2D eigenvalue weighted by Crippen LogP contribution is 2.34. The Kier molecular flexibility index (Phi) is 5.98. The lowest BCUT2D eigenvalue weighted by Crippen LogP contribution is -2.09. The number of aromatic nitrogens is 2. The van der Waals surface area contributed by atoms with Crippen molar-refractivity contribution in [1.29, 1.82) is 0 Å². The highest BCUT2D eigenvalue weighted by atomic mass is 19.1. The van der Waals surface area contributed by atoms with E-state index in [1.807, 2.05) is 31.2 Å². The van der Waals surface area contributed by atoms with Crippen LogP contribution < -0.4 is 10.1 Å². The van der Waals surface area contributed by atoms with Crippen molar-refractivity contribution in [1.82, 2.24) is 9.97 Å². The van der Waals surface area contributed by atoms with E-state index in [2.05, 4.69) is 15.3 Å². The molecule has 32 heavy (non-hydrogen) atoms. The third-order valence-corrected chi connectivity index (χ3v) is 5.17. The Balaban J connectivity index is 1.65. The molecule has 2 heterocycles. The molecule has 0 saturated carbocycles. The largest absolute Gasteiger partial charge is 0.465 e. The first-order valence-electron chi connectivity index (χ1n) is 10.1. The molecule has 0 unspecified atom stereocenters. The summed E-state index contributed by atoms with van der Waals surface area (Å²) in [5.74, 6) is 0.799. The van der Waals surface area contributed by atoms with Crippen LogP contribution in [0, 0.1) is 12.7 Å². The number of rotatable bonds is 6. The Morgan fingerprint density at radius 2 is 1.75 bits per heavy atom. The van der Waals surface area contributed by atoms with Crippen molar-refractivity contribution in [2.24, 2.45) is 0 Å². The van der Waals surface area contributed by atoms with Gasteiger partial charge in [-0.1, -0.05) is 12.1 Å². The molecule has 0 spiro atoms. The lowest BCUT2D eigenvalue weighted by molar-refractivity contribution is 0.0600. The van der Waals surface area contributed by atoms with Crippen LogP contribution in [0.1, 0.15) is 34.5 Å². The van der Waals surface area contributed by atoms with Crippen LogP contribution in [0.15, 0.2) is 67.0 Å². The minimum atomic E-state index is -0.378. The third kappa shape index (κ3) is 4.37. The zero-order valence-electron chi connectivity index (χ0n) is 17.9. The summed E-state index contributed by atoms with van der Waals surface area (Å²) in [6.45, 7) is 3.67. The Morgan fingerprint density at radius 1 is 1.03 bits per heavy atom. The van der Waals surface area contributed by atoms with Gasteiger partial charge in [0.1, 0.15) is 17.4 Å². The molecule has 2 aromatic heterocycles. The fourth-order valence-electron chi connectivity index (χ4n) is 3.38. The first-order valence-corrected chi connectivity index (χ1v) is 10.1. The second kappa shape index (κ2) is 9.01. The van der Waals surface area contributed by atoms with E-state index in [0.717, 1.165) is 16.3 Å². The van der Waals surface area contributed by atoms with Gasteiger partial charge in [0.05, 0.1) is 18.1 Å². The molecular formula is C25H22FN3O3. The van der Waals surface area contributed by atoms with Gasteiger partial charge in [-0.25, -0.2) is 19.2 Å². The van der Waals surface area contributed by atoms with Crippen molar-refractivity contribution in [3.05, 3.63) is 89.5 Å². The molecule has 2 aromatic carbocycles. The molecule has 0 fully saturated rings. The van der Waals surface area contributed by atoms with Gasteiger partial charge in [-0.15, -0.1) is 0 Å². The number of halogens is 1. The Labute approximate surface area is 185 Å². The van der Waals surface area contributed by atoms with Crippen LogP contribution in [0.5, 0.6) is 11.6 Å². The maximum absolute atomic E-state index is 13.6. The smallest absolute Gasteiger partial charge is 0.337 e. The Hall–Kier alpha value is -4.00. The van der Waals surface area contributed by atoms with E-state index in [1.165, 1.54) is 13.2 Å². The predicted octanol–water partition coefficient (Wildman–Crippen LogP) is 5.83. The maximum atomic E-state index is 13.6. The number of carbonyl (C=O) groups excluding carboxylic acids is 1.